The minimum atomic E-state index is -0.409. The normalized spacial score (nSPS) is 10.2. The van der Waals surface area contributed by atoms with Crippen molar-refractivity contribution in [1.29, 1.82) is 0 Å². The Morgan fingerprint density at radius 1 is 0.886 bits per heavy atom. The van der Waals surface area contributed by atoms with Crippen LogP contribution in [-0.4, -0.2) is 12.4 Å². The van der Waals surface area contributed by atoms with Gasteiger partial charge in [-0.1, -0.05) is 92.6 Å². The molecule has 0 aliphatic rings. The monoisotopic (exact) mass is 472 g/mol. The van der Waals surface area contributed by atoms with Gasteiger partial charge in [-0.05, 0) is 24.1 Å². The Morgan fingerprint density at radius 3 is 2.23 bits per heavy atom. The lowest BCUT2D eigenvalue weighted by molar-refractivity contribution is -0.134. The average Bonchev–Trinajstić information content (AvgIpc) is 2.90. The Hall–Kier alpha value is -4.19. The van der Waals surface area contributed by atoms with Crippen molar-refractivity contribution in [2.45, 2.75) is 39.2 Å². The third-order valence-electron chi connectivity index (χ3n) is 5.15. The molecule has 0 saturated heterocycles. The Bertz CT molecular complexity index is 1280. The van der Waals surface area contributed by atoms with E-state index in [2.05, 4.69) is 11.7 Å². The predicted molar refractivity (Wildman–Crippen MR) is 135 cm³/mol. The molecule has 4 rings (SSSR count). The first-order valence-corrected chi connectivity index (χ1v) is 11.5. The molecule has 0 amide bonds. The van der Waals surface area contributed by atoms with Crippen LogP contribution in [0.2, 0.25) is 0 Å². The molecule has 0 bridgehead atoms. The molecule has 0 N–H and O–H groups in total. The Labute approximate surface area is 204 Å². The van der Waals surface area contributed by atoms with Crippen molar-refractivity contribution in [2.24, 2.45) is 0 Å². The number of carbonyl (C=O) groups is 2. The molecule has 180 valence electrons. The number of esters is 1. The van der Waals surface area contributed by atoms with E-state index in [4.69, 9.17) is 9.15 Å². The van der Waals surface area contributed by atoms with Gasteiger partial charge in [0.1, 0.15) is 12.2 Å². The maximum Gasteiger partial charge on any atom is 0.311 e. The molecular weight excluding hydrogens is 444 g/mol. The van der Waals surface area contributed by atoms with Gasteiger partial charge in [0, 0.05) is 12.0 Å². The number of hydrogen-bond acceptors (Lipinski definition) is 6. The molecule has 35 heavy (non-hydrogen) atoms. The zero-order valence-electron chi connectivity index (χ0n) is 19.6. The fourth-order valence-electron chi connectivity index (χ4n) is 3.39. The highest BCUT2D eigenvalue weighted by molar-refractivity contribution is 5.84. The van der Waals surface area contributed by atoms with Crippen molar-refractivity contribution in [3.8, 4) is 17.1 Å². The number of benzene rings is 3. The zero-order chi connectivity index (χ0) is 24.9. The van der Waals surface area contributed by atoms with Gasteiger partial charge in [-0.3, -0.25) is 14.4 Å². The van der Waals surface area contributed by atoms with Crippen molar-refractivity contribution in [1.82, 2.24) is 0 Å². The predicted octanol–water partition coefficient (Wildman–Crippen LogP) is 6.31. The molecule has 0 unspecified atom stereocenters. The standard InChI is InChI=1S/C21H20O4.C8H8O2/c1-2-3-5-14-18(22)25-21-19(23)16-12-8-9-13-17(16)24-20(21)15-10-6-4-7-11-15;9-7-10-6-8-4-2-1-3-5-8/h4,6-13H,2-3,5,14H2,1H3;1-5,7H,6H2. The van der Waals surface area contributed by atoms with Gasteiger partial charge < -0.3 is 13.9 Å². The van der Waals surface area contributed by atoms with E-state index in [1.54, 1.807) is 24.3 Å². The van der Waals surface area contributed by atoms with Gasteiger partial charge in [0.2, 0.25) is 11.2 Å². The molecule has 1 aromatic heterocycles. The van der Waals surface area contributed by atoms with Gasteiger partial charge in [-0.2, -0.15) is 0 Å². The van der Waals surface area contributed by atoms with Crippen LogP contribution in [0.25, 0.3) is 22.3 Å². The van der Waals surface area contributed by atoms with Crippen molar-refractivity contribution < 1.29 is 23.5 Å². The Kier molecular flexibility index (Phi) is 9.81. The maximum atomic E-state index is 12.9. The minimum Gasteiger partial charge on any atom is -0.463 e. The van der Waals surface area contributed by atoms with Gasteiger partial charge >= 0.3 is 5.97 Å². The molecule has 1 heterocycles. The Morgan fingerprint density at radius 2 is 1.54 bits per heavy atom. The highest BCUT2D eigenvalue weighted by atomic mass is 16.5. The van der Waals surface area contributed by atoms with Crippen LogP contribution in [0.1, 0.15) is 38.2 Å². The lowest BCUT2D eigenvalue weighted by atomic mass is 10.1. The third kappa shape index (κ3) is 7.40. The van der Waals surface area contributed by atoms with Crippen LogP contribution in [0.3, 0.4) is 0 Å². The van der Waals surface area contributed by atoms with Crippen LogP contribution >= 0.6 is 0 Å². The van der Waals surface area contributed by atoms with Crippen molar-refractivity contribution in [3.05, 3.63) is 101 Å². The Balaban J connectivity index is 0.000000287. The van der Waals surface area contributed by atoms with Crippen LogP contribution in [0.15, 0.2) is 94.1 Å². The fourth-order valence-corrected chi connectivity index (χ4v) is 3.39. The van der Waals surface area contributed by atoms with E-state index in [1.165, 1.54) is 0 Å². The van der Waals surface area contributed by atoms with Gasteiger partial charge in [0.05, 0.1) is 5.39 Å². The molecule has 6 nitrogen and oxygen atoms in total. The summed E-state index contributed by atoms with van der Waals surface area (Å²) in [7, 11) is 0. The number of para-hydroxylation sites is 1. The molecule has 0 atom stereocenters. The summed E-state index contributed by atoms with van der Waals surface area (Å²) in [5.41, 5.74) is 1.85. The molecule has 0 aliphatic heterocycles. The fraction of sp³-hybridized carbons (Fsp3) is 0.207. The van der Waals surface area contributed by atoms with Gasteiger partial charge in [-0.25, -0.2) is 0 Å². The molecule has 6 heteroatoms. The van der Waals surface area contributed by atoms with E-state index in [0.29, 0.717) is 29.6 Å². The number of fused-ring (bicyclic) bond motifs is 1. The van der Waals surface area contributed by atoms with E-state index in [-0.39, 0.29) is 23.4 Å². The highest BCUT2D eigenvalue weighted by Crippen LogP contribution is 2.31. The summed E-state index contributed by atoms with van der Waals surface area (Å²) in [6.45, 7) is 2.88. The zero-order valence-corrected chi connectivity index (χ0v) is 19.6. The first kappa shape index (κ1) is 25.4. The second-order valence-corrected chi connectivity index (χ2v) is 7.78. The highest BCUT2D eigenvalue weighted by Gasteiger charge is 2.20. The molecule has 0 fully saturated rings. The minimum absolute atomic E-state index is 0.0357. The van der Waals surface area contributed by atoms with Crippen LogP contribution in [0, 0.1) is 0 Å². The largest absolute Gasteiger partial charge is 0.463 e. The number of hydrogen-bond donors (Lipinski definition) is 0. The smallest absolute Gasteiger partial charge is 0.311 e. The van der Waals surface area contributed by atoms with E-state index < -0.39 is 5.97 Å². The lowest BCUT2D eigenvalue weighted by Gasteiger charge is -2.10. The quantitative estimate of drug-likeness (QED) is 0.161. The lowest BCUT2D eigenvalue weighted by Crippen LogP contribution is -2.16. The van der Waals surface area contributed by atoms with Crippen molar-refractivity contribution in [2.75, 3.05) is 0 Å². The summed E-state index contributed by atoms with van der Waals surface area (Å²) in [6, 6.07) is 25.7. The van der Waals surface area contributed by atoms with E-state index in [9.17, 15) is 14.4 Å². The summed E-state index contributed by atoms with van der Waals surface area (Å²) in [5, 5.41) is 0.401. The first-order valence-electron chi connectivity index (χ1n) is 11.5. The van der Waals surface area contributed by atoms with Gasteiger partial charge in [0.25, 0.3) is 6.47 Å². The number of ether oxygens (including phenoxy) is 2. The van der Waals surface area contributed by atoms with Crippen molar-refractivity contribution in [3.63, 3.8) is 0 Å². The number of unbranched alkanes of at least 4 members (excludes halogenated alkanes) is 2. The van der Waals surface area contributed by atoms with Crippen LogP contribution in [-0.2, 0) is 20.9 Å². The molecule has 0 saturated carbocycles. The molecule has 4 aromatic rings. The van der Waals surface area contributed by atoms with Gasteiger partial charge in [-0.15, -0.1) is 0 Å². The maximum absolute atomic E-state index is 12.9. The number of rotatable bonds is 9. The summed E-state index contributed by atoms with van der Waals surface area (Å²) in [4.78, 5) is 34.8. The summed E-state index contributed by atoms with van der Waals surface area (Å²) >= 11 is 0. The average molecular weight is 473 g/mol. The van der Waals surface area contributed by atoms with E-state index >= 15 is 0 Å². The van der Waals surface area contributed by atoms with Crippen LogP contribution in [0.4, 0.5) is 0 Å². The topological polar surface area (TPSA) is 82.8 Å². The number of carbonyl (C=O) groups excluding carboxylic acids is 2. The van der Waals surface area contributed by atoms with E-state index in [0.717, 1.165) is 24.8 Å². The molecule has 0 radical (unpaired) electrons. The summed E-state index contributed by atoms with van der Waals surface area (Å²) < 4.78 is 15.9. The second-order valence-electron chi connectivity index (χ2n) is 7.78. The summed E-state index contributed by atoms with van der Waals surface area (Å²) in [6.07, 6.45) is 3.00. The summed E-state index contributed by atoms with van der Waals surface area (Å²) in [5.74, 6) is -0.159. The third-order valence-corrected chi connectivity index (χ3v) is 5.15. The first-order chi connectivity index (χ1) is 17.1. The van der Waals surface area contributed by atoms with Crippen LogP contribution in [0.5, 0.6) is 5.75 Å². The van der Waals surface area contributed by atoms with E-state index in [1.807, 2.05) is 60.7 Å². The molecule has 0 aliphatic carbocycles. The molecule has 0 spiro atoms. The SMILES string of the molecule is CCCCCC(=O)Oc1c(-c2ccccc2)oc2ccccc2c1=O.O=COCc1ccccc1. The van der Waals surface area contributed by atoms with Crippen molar-refractivity contribution >= 4 is 23.4 Å². The second kappa shape index (κ2) is 13.5. The molecular formula is C29H28O6. The molecule has 3 aromatic carbocycles. The van der Waals surface area contributed by atoms with Crippen LogP contribution < -0.4 is 10.2 Å². The van der Waals surface area contributed by atoms with Gasteiger partial charge in [0.15, 0.2) is 5.76 Å².